The Kier molecular flexibility index (Phi) is 3.35. The zero-order valence-corrected chi connectivity index (χ0v) is 10.9. The van der Waals surface area contributed by atoms with E-state index in [1.807, 2.05) is 62.4 Å². The molecular formula is C17H18O. The van der Waals surface area contributed by atoms with Crippen LogP contribution in [0.4, 0.5) is 0 Å². The first-order valence-corrected chi connectivity index (χ1v) is 6.06. The van der Waals surface area contributed by atoms with Gasteiger partial charge < -0.3 is 5.11 Å². The maximum Gasteiger partial charge on any atom is 0.133 e. The highest BCUT2D eigenvalue weighted by atomic mass is 16.3. The summed E-state index contributed by atoms with van der Waals surface area (Å²) in [5.41, 5.74) is 2.91. The van der Waals surface area contributed by atoms with Crippen LogP contribution in [0.2, 0.25) is 0 Å². The molecule has 0 aromatic heterocycles. The van der Waals surface area contributed by atoms with E-state index in [9.17, 15) is 5.11 Å². The van der Waals surface area contributed by atoms with Crippen LogP contribution in [0.5, 0.6) is 0 Å². The fourth-order valence-corrected chi connectivity index (χ4v) is 2.02. The van der Waals surface area contributed by atoms with Crippen molar-refractivity contribution in [1.82, 2.24) is 0 Å². The van der Waals surface area contributed by atoms with Gasteiger partial charge in [0, 0.05) is 0 Å². The molecule has 0 aliphatic heterocycles. The van der Waals surface area contributed by atoms with Crippen molar-refractivity contribution >= 4 is 0 Å². The molecule has 1 heteroatoms. The Balaban J connectivity index is 2.50. The highest BCUT2D eigenvalue weighted by molar-refractivity contribution is 5.41. The first-order valence-electron chi connectivity index (χ1n) is 6.06. The Bertz CT molecular complexity index is 489. The Labute approximate surface area is 108 Å². The number of aliphatic hydroxyl groups is 1. The summed E-state index contributed by atoms with van der Waals surface area (Å²) in [4.78, 5) is 0. The van der Waals surface area contributed by atoms with E-state index in [1.165, 1.54) is 11.1 Å². The van der Waals surface area contributed by atoms with Gasteiger partial charge >= 0.3 is 0 Å². The predicted octanol–water partition coefficient (Wildman–Crippen LogP) is 3.73. The van der Waals surface area contributed by atoms with Crippen molar-refractivity contribution in [2.24, 2.45) is 0 Å². The number of rotatable bonds is 3. The molecule has 0 saturated carbocycles. The standard InChI is InChI=1S/C17H18O/c1-4-17(18,15-9-5-13(2)6-10-15)16-11-7-14(3)8-12-16/h4-12,18H,1H2,2-3H3. The van der Waals surface area contributed by atoms with Gasteiger partial charge in [-0.05, 0) is 25.0 Å². The quantitative estimate of drug-likeness (QED) is 0.808. The molecular weight excluding hydrogens is 220 g/mol. The number of aryl methyl sites for hydroxylation is 2. The van der Waals surface area contributed by atoms with Gasteiger partial charge in [-0.2, -0.15) is 0 Å². The third kappa shape index (κ3) is 2.22. The third-order valence-corrected chi connectivity index (χ3v) is 3.28. The summed E-state index contributed by atoms with van der Waals surface area (Å²) < 4.78 is 0. The normalized spacial score (nSPS) is 11.3. The molecule has 0 amide bonds. The lowest BCUT2D eigenvalue weighted by Gasteiger charge is -2.25. The molecule has 2 aromatic rings. The van der Waals surface area contributed by atoms with Gasteiger partial charge in [0.05, 0.1) is 0 Å². The second-order valence-electron chi connectivity index (χ2n) is 4.70. The third-order valence-electron chi connectivity index (χ3n) is 3.28. The Morgan fingerprint density at radius 3 is 1.44 bits per heavy atom. The summed E-state index contributed by atoms with van der Waals surface area (Å²) in [5, 5.41) is 10.8. The van der Waals surface area contributed by atoms with Gasteiger partial charge in [0.2, 0.25) is 0 Å². The summed E-state index contributed by atoms with van der Waals surface area (Å²) in [6.07, 6.45) is 1.59. The first kappa shape index (κ1) is 12.6. The predicted molar refractivity (Wildman–Crippen MR) is 75.6 cm³/mol. The second kappa shape index (κ2) is 4.79. The molecule has 0 saturated heterocycles. The van der Waals surface area contributed by atoms with E-state index in [2.05, 4.69) is 6.58 Å². The van der Waals surface area contributed by atoms with Crippen LogP contribution < -0.4 is 0 Å². The summed E-state index contributed by atoms with van der Waals surface area (Å²) in [5.74, 6) is 0. The molecule has 0 spiro atoms. The maximum atomic E-state index is 10.8. The molecule has 1 N–H and O–H groups in total. The minimum absolute atomic E-state index is 0.840. The van der Waals surface area contributed by atoms with Crippen molar-refractivity contribution in [3.05, 3.63) is 83.4 Å². The lowest BCUT2D eigenvalue weighted by atomic mass is 9.86. The minimum atomic E-state index is -1.12. The van der Waals surface area contributed by atoms with Crippen LogP contribution in [-0.4, -0.2) is 5.11 Å². The highest BCUT2D eigenvalue weighted by Gasteiger charge is 2.27. The monoisotopic (exact) mass is 238 g/mol. The first-order chi connectivity index (χ1) is 8.56. The SMILES string of the molecule is C=CC(O)(c1ccc(C)cc1)c1ccc(C)cc1. The fourth-order valence-electron chi connectivity index (χ4n) is 2.02. The molecule has 0 atom stereocenters. The van der Waals surface area contributed by atoms with Gasteiger partial charge in [-0.1, -0.05) is 72.3 Å². The van der Waals surface area contributed by atoms with Crippen LogP contribution >= 0.6 is 0 Å². The van der Waals surface area contributed by atoms with Gasteiger partial charge in [-0.15, -0.1) is 0 Å². The highest BCUT2D eigenvalue weighted by Crippen LogP contribution is 2.31. The summed E-state index contributed by atoms with van der Waals surface area (Å²) in [6, 6.07) is 15.8. The number of benzene rings is 2. The zero-order valence-electron chi connectivity index (χ0n) is 10.9. The average molecular weight is 238 g/mol. The van der Waals surface area contributed by atoms with Crippen LogP contribution in [0, 0.1) is 13.8 Å². The molecule has 0 radical (unpaired) electrons. The van der Waals surface area contributed by atoms with Crippen LogP contribution in [0.1, 0.15) is 22.3 Å². The summed E-state index contributed by atoms with van der Waals surface area (Å²) in [6.45, 7) is 7.84. The van der Waals surface area contributed by atoms with Crippen molar-refractivity contribution < 1.29 is 5.11 Å². The van der Waals surface area contributed by atoms with Crippen LogP contribution in [-0.2, 0) is 5.60 Å². The molecule has 0 aliphatic rings. The number of hydrogen-bond donors (Lipinski definition) is 1. The van der Waals surface area contributed by atoms with E-state index < -0.39 is 5.60 Å². The van der Waals surface area contributed by atoms with Crippen LogP contribution in [0.15, 0.2) is 61.2 Å². The topological polar surface area (TPSA) is 20.2 Å². The molecule has 0 unspecified atom stereocenters. The van der Waals surface area contributed by atoms with Gasteiger partial charge in [0.15, 0.2) is 0 Å². The fraction of sp³-hybridized carbons (Fsp3) is 0.176. The molecule has 2 aromatic carbocycles. The van der Waals surface area contributed by atoms with E-state index in [-0.39, 0.29) is 0 Å². The van der Waals surface area contributed by atoms with Crippen molar-refractivity contribution in [2.45, 2.75) is 19.4 Å². The van der Waals surface area contributed by atoms with Crippen molar-refractivity contribution in [1.29, 1.82) is 0 Å². The largest absolute Gasteiger partial charge is 0.377 e. The smallest absolute Gasteiger partial charge is 0.133 e. The van der Waals surface area contributed by atoms with Gasteiger partial charge in [0.25, 0.3) is 0 Å². The van der Waals surface area contributed by atoms with Crippen LogP contribution in [0.3, 0.4) is 0 Å². The summed E-state index contributed by atoms with van der Waals surface area (Å²) >= 11 is 0. The molecule has 0 bridgehead atoms. The summed E-state index contributed by atoms with van der Waals surface area (Å²) in [7, 11) is 0. The van der Waals surface area contributed by atoms with Crippen molar-refractivity contribution in [2.75, 3.05) is 0 Å². The van der Waals surface area contributed by atoms with Gasteiger partial charge in [0.1, 0.15) is 5.60 Å². The molecule has 92 valence electrons. The van der Waals surface area contributed by atoms with Crippen molar-refractivity contribution in [3.63, 3.8) is 0 Å². The van der Waals surface area contributed by atoms with Gasteiger partial charge in [-0.3, -0.25) is 0 Å². The second-order valence-corrected chi connectivity index (χ2v) is 4.70. The van der Waals surface area contributed by atoms with E-state index in [0.29, 0.717) is 0 Å². The molecule has 18 heavy (non-hydrogen) atoms. The molecule has 2 rings (SSSR count). The minimum Gasteiger partial charge on any atom is -0.377 e. The molecule has 1 nitrogen and oxygen atoms in total. The van der Waals surface area contributed by atoms with E-state index >= 15 is 0 Å². The molecule has 0 aliphatic carbocycles. The van der Waals surface area contributed by atoms with Gasteiger partial charge in [-0.25, -0.2) is 0 Å². The van der Waals surface area contributed by atoms with E-state index in [0.717, 1.165) is 11.1 Å². The lowest BCUT2D eigenvalue weighted by molar-refractivity contribution is 0.135. The van der Waals surface area contributed by atoms with E-state index in [1.54, 1.807) is 6.08 Å². The average Bonchev–Trinajstić information content (AvgIpc) is 2.39. The van der Waals surface area contributed by atoms with Crippen LogP contribution in [0.25, 0.3) is 0 Å². The Morgan fingerprint density at radius 2 is 1.17 bits per heavy atom. The zero-order chi connectivity index (χ0) is 13.2. The lowest BCUT2D eigenvalue weighted by Crippen LogP contribution is -2.24. The molecule has 0 fully saturated rings. The van der Waals surface area contributed by atoms with Crippen molar-refractivity contribution in [3.8, 4) is 0 Å². The Hall–Kier alpha value is -1.86. The number of hydrogen-bond acceptors (Lipinski definition) is 1. The van der Waals surface area contributed by atoms with E-state index in [4.69, 9.17) is 0 Å². The maximum absolute atomic E-state index is 10.8. The molecule has 0 heterocycles. The Morgan fingerprint density at radius 1 is 0.833 bits per heavy atom.